The highest BCUT2D eigenvalue weighted by Gasteiger charge is 2.28. The third kappa shape index (κ3) is 3.89. The molecule has 0 radical (unpaired) electrons. The fraction of sp³-hybridized carbons (Fsp3) is 0.0500. The molecular formula is C20H12BrClN4O4. The van der Waals surface area contributed by atoms with E-state index in [4.69, 9.17) is 21.1 Å². The van der Waals surface area contributed by atoms with Crippen LogP contribution in [-0.2, 0) is 0 Å². The van der Waals surface area contributed by atoms with Gasteiger partial charge < -0.3 is 9.47 Å². The van der Waals surface area contributed by atoms with Gasteiger partial charge in [-0.15, -0.1) is 0 Å². The molecule has 0 amide bonds. The number of hydrogen-bond acceptors (Lipinski definition) is 7. The van der Waals surface area contributed by atoms with Crippen LogP contribution in [0.1, 0.15) is 5.56 Å². The van der Waals surface area contributed by atoms with Gasteiger partial charge in [-0.05, 0) is 48.9 Å². The predicted octanol–water partition coefficient (Wildman–Crippen LogP) is 6.24. The van der Waals surface area contributed by atoms with Crippen LogP contribution in [-0.4, -0.2) is 19.9 Å². The lowest BCUT2D eigenvalue weighted by molar-refractivity contribution is -0.387. The second-order valence-electron chi connectivity index (χ2n) is 6.15. The number of halogens is 2. The Bertz CT molecular complexity index is 1290. The maximum Gasteiger partial charge on any atom is 0.393 e. The molecule has 0 fully saturated rings. The van der Waals surface area contributed by atoms with E-state index in [-0.39, 0.29) is 11.8 Å². The maximum atomic E-state index is 11.8. The van der Waals surface area contributed by atoms with Gasteiger partial charge >= 0.3 is 17.4 Å². The molecule has 4 rings (SSSR count). The number of nitrogens with zero attached hydrogens (tertiary/aromatic N) is 4. The summed E-state index contributed by atoms with van der Waals surface area (Å²) in [6, 6.07) is 11.9. The van der Waals surface area contributed by atoms with Crippen molar-refractivity contribution in [1.82, 2.24) is 15.0 Å². The Morgan fingerprint density at radius 3 is 2.57 bits per heavy atom. The van der Waals surface area contributed by atoms with E-state index in [1.807, 2.05) is 6.07 Å². The van der Waals surface area contributed by atoms with Crippen LogP contribution in [0.4, 0.5) is 5.69 Å². The molecule has 2 aromatic heterocycles. The zero-order valence-electron chi connectivity index (χ0n) is 15.4. The lowest BCUT2D eigenvalue weighted by atomic mass is 10.2. The Labute approximate surface area is 183 Å². The van der Waals surface area contributed by atoms with Crippen molar-refractivity contribution in [3.05, 3.63) is 80.2 Å². The average molecular weight is 488 g/mol. The molecular weight excluding hydrogens is 476 g/mol. The van der Waals surface area contributed by atoms with Crippen LogP contribution in [0, 0.1) is 17.0 Å². The molecule has 0 saturated carbocycles. The van der Waals surface area contributed by atoms with Crippen molar-refractivity contribution < 1.29 is 14.4 Å². The first kappa shape index (κ1) is 20.0. The minimum atomic E-state index is -0.651. The molecule has 0 unspecified atom stereocenters. The number of pyridine rings is 1. The molecule has 0 bridgehead atoms. The van der Waals surface area contributed by atoms with Crippen molar-refractivity contribution in [2.24, 2.45) is 0 Å². The molecule has 10 heteroatoms. The highest BCUT2D eigenvalue weighted by molar-refractivity contribution is 9.10. The van der Waals surface area contributed by atoms with Crippen LogP contribution in [0.25, 0.3) is 10.9 Å². The van der Waals surface area contributed by atoms with Crippen molar-refractivity contribution >= 4 is 44.1 Å². The summed E-state index contributed by atoms with van der Waals surface area (Å²) >= 11 is 9.48. The van der Waals surface area contributed by atoms with E-state index in [9.17, 15) is 10.1 Å². The molecule has 30 heavy (non-hydrogen) atoms. The Kier molecular flexibility index (Phi) is 5.47. The number of fused-ring (bicyclic) bond motifs is 1. The topological polar surface area (TPSA) is 100 Å². The van der Waals surface area contributed by atoms with E-state index < -0.39 is 10.6 Å². The zero-order chi connectivity index (χ0) is 21.3. The van der Waals surface area contributed by atoms with Crippen LogP contribution in [0.15, 0.2) is 59.5 Å². The average Bonchev–Trinajstić information content (AvgIpc) is 2.73. The van der Waals surface area contributed by atoms with Crippen molar-refractivity contribution in [3.63, 3.8) is 0 Å². The molecule has 0 aliphatic carbocycles. The van der Waals surface area contributed by atoms with Gasteiger partial charge in [-0.2, -0.15) is 9.97 Å². The summed E-state index contributed by atoms with van der Waals surface area (Å²) in [7, 11) is 0. The molecule has 4 aromatic rings. The molecule has 0 atom stereocenters. The second kappa shape index (κ2) is 8.21. The molecule has 2 aromatic carbocycles. The quantitative estimate of drug-likeness (QED) is 0.242. The first-order chi connectivity index (χ1) is 14.4. The third-order valence-corrected chi connectivity index (χ3v) is 5.28. The van der Waals surface area contributed by atoms with Gasteiger partial charge in [0.1, 0.15) is 17.6 Å². The summed E-state index contributed by atoms with van der Waals surface area (Å²) in [5, 5.41) is 13.1. The largest absolute Gasteiger partial charge is 0.433 e. The number of aryl methyl sites for hydroxylation is 1. The van der Waals surface area contributed by atoms with Gasteiger partial charge in [0.2, 0.25) is 0 Å². The van der Waals surface area contributed by atoms with Gasteiger partial charge in [0.15, 0.2) is 5.75 Å². The van der Waals surface area contributed by atoms with E-state index in [0.29, 0.717) is 22.0 Å². The highest BCUT2D eigenvalue weighted by Crippen LogP contribution is 2.40. The van der Waals surface area contributed by atoms with E-state index in [2.05, 4.69) is 30.9 Å². The van der Waals surface area contributed by atoms with Crippen LogP contribution in [0.3, 0.4) is 0 Å². The fourth-order valence-electron chi connectivity index (χ4n) is 2.74. The number of benzene rings is 2. The predicted molar refractivity (Wildman–Crippen MR) is 114 cm³/mol. The molecule has 0 N–H and O–H groups in total. The first-order valence-corrected chi connectivity index (χ1v) is 9.75. The smallest absolute Gasteiger partial charge is 0.393 e. The van der Waals surface area contributed by atoms with Gasteiger partial charge in [-0.25, -0.2) is 0 Å². The van der Waals surface area contributed by atoms with E-state index in [1.54, 1.807) is 49.5 Å². The number of nitro groups is 1. The maximum absolute atomic E-state index is 11.8. The lowest BCUT2D eigenvalue weighted by Crippen LogP contribution is -2.01. The van der Waals surface area contributed by atoms with E-state index >= 15 is 0 Å². The summed E-state index contributed by atoms with van der Waals surface area (Å²) in [5.41, 5.74) is 0.780. The Hall–Kier alpha value is -3.30. The Balaban J connectivity index is 1.76. The monoisotopic (exact) mass is 486 g/mol. The van der Waals surface area contributed by atoms with Crippen molar-refractivity contribution in [3.8, 4) is 23.3 Å². The number of hydrogen-bond donors (Lipinski definition) is 0. The van der Waals surface area contributed by atoms with Crippen LogP contribution < -0.4 is 9.47 Å². The summed E-state index contributed by atoms with van der Waals surface area (Å²) in [6.45, 7) is 1.80. The first-order valence-electron chi connectivity index (χ1n) is 8.58. The molecule has 0 aliphatic heterocycles. The van der Waals surface area contributed by atoms with Crippen molar-refractivity contribution in [2.45, 2.75) is 6.92 Å². The molecule has 8 nitrogen and oxygen atoms in total. The fourth-order valence-corrected chi connectivity index (χ4v) is 3.31. The highest BCUT2D eigenvalue weighted by atomic mass is 79.9. The molecule has 2 heterocycles. The van der Waals surface area contributed by atoms with Crippen molar-refractivity contribution in [1.29, 1.82) is 0 Å². The Morgan fingerprint density at radius 1 is 1.07 bits per heavy atom. The minimum Gasteiger partial charge on any atom is -0.433 e. The third-order valence-electron chi connectivity index (χ3n) is 4.17. The molecule has 0 saturated heterocycles. The lowest BCUT2D eigenvalue weighted by Gasteiger charge is -2.11. The van der Waals surface area contributed by atoms with Crippen molar-refractivity contribution in [2.75, 3.05) is 0 Å². The van der Waals surface area contributed by atoms with Gasteiger partial charge in [0.05, 0.1) is 4.92 Å². The summed E-state index contributed by atoms with van der Waals surface area (Å²) in [4.78, 5) is 23.3. The van der Waals surface area contributed by atoms with Gasteiger partial charge in [-0.1, -0.05) is 33.6 Å². The Morgan fingerprint density at radius 2 is 1.83 bits per heavy atom. The number of ether oxygens (including phenoxy) is 2. The normalized spacial score (nSPS) is 10.8. The van der Waals surface area contributed by atoms with Crippen LogP contribution in [0.2, 0.25) is 5.02 Å². The molecule has 0 spiro atoms. The number of aromatic nitrogens is 3. The standard InChI is InChI=1S/C20H12BrClN4O4/c1-11-9-12(4-6-15(11)22)29-19-18(26(27)28)20(25-10-24-19)30-16-7-5-14(21)13-3-2-8-23-17(13)16/h2-10H,1H3. The summed E-state index contributed by atoms with van der Waals surface area (Å²) in [6.07, 6.45) is 2.74. The summed E-state index contributed by atoms with van der Waals surface area (Å²) < 4.78 is 12.2. The molecule has 0 aliphatic rings. The van der Waals surface area contributed by atoms with Gasteiger partial charge in [0, 0.05) is 21.1 Å². The molecule has 150 valence electrons. The van der Waals surface area contributed by atoms with Gasteiger partial charge in [-0.3, -0.25) is 15.1 Å². The van der Waals surface area contributed by atoms with Crippen LogP contribution in [0.5, 0.6) is 23.3 Å². The van der Waals surface area contributed by atoms with E-state index in [0.717, 1.165) is 21.7 Å². The van der Waals surface area contributed by atoms with Gasteiger partial charge in [0.25, 0.3) is 0 Å². The second-order valence-corrected chi connectivity index (χ2v) is 7.41. The minimum absolute atomic E-state index is 0.249. The van der Waals surface area contributed by atoms with Crippen LogP contribution >= 0.6 is 27.5 Å². The SMILES string of the molecule is Cc1cc(Oc2ncnc(Oc3ccc(Br)c4cccnc34)c2[N+](=O)[O-])ccc1Cl. The zero-order valence-corrected chi connectivity index (χ0v) is 17.7. The summed E-state index contributed by atoms with van der Waals surface area (Å²) in [5.74, 6) is 0.148. The number of rotatable bonds is 5. The van der Waals surface area contributed by atoms with E-state index in [1.165, 1.54) is 0 Å².